The average molecular weight is 347 g/mol. The number of nitrogens with one attached hydrogen (secondary N) is 2. The number of rotatable bonds is 5. The second-order valence-electron chi connectivity index (χ2n) is 5.13. The summed E-state index contributed by atoms with van der Waals surface area (Å²) in [6, 6.07) is 12.4. The number of benzene rings is 2. The van der Waals surface area contributed by atoms with Gasteiger partial charge in [-0.2, -0.15) is 0 Å². The van der Waals surface area contributed by atoms with Crippen molar-refractivity contribution in [3.63, 3.8) is 0 Å². The fraction of sp³-hybridized carbons (Fsp3) is 0.125. The Morgan fingerprint density at radius 3 is 2.08 bits per heavy atom. The number of sulfonamides is 1. The highest BCUT2D eigenvalue weighted by Gasteiger charge is 2.08. The molecule has 0 aliphatic heterocycles. The van der Waals surface area contributed by atoms with Crippen molar-refractivity contribution in [3.8, 4) is 0 Å². The first-order valence-corrected chi connectivity index (χ1v) is 8.58. The van der Waals surface area contributed by atoms with Crippen molar-refractivity contribution in [2.45, 2.75) is 18.4 Å². The molecule has 2 aromatic carbocycles. The van der Waals surface area contributed by atoms with Crippen LogP contribution in [0.1, 0.15) is 22.8 Å². The lowest BCUT2D eigenvalue weighted by Crippen LogP contribution is -2.22. The molecule has 0 fully saturated rings. The highest BCUT2D eigenvalue weighted by molar-refractivity contribution is 7.89. The zero-order valence-corrected chi connectivity index (χ0v) is 13.8. The number of hydrogen-bond acceptors (Lipinski definition) is 4. The highest BCUT2D eigenvalue weighted by atomic mass is 32.2. The molecule has 0 saturated carbocycles. The van der Waals surface area contributed by atoms with Crippen molar-refractivity contribution in [3.05, 3.63) is 59.7 Å². The number of carbonyl (C=O) groups is 2. The van der Waals surface area contributed by atoms with Crippen LogP contribution in [0.5, 0.6) is 0 Å². The molecule has 126 valence electrons. The van der Waals surface area contributed by atoms with Crippen LogP contribution in [-0.4, -0.2) is 20.2 Å². The maximum Gasteiger partial charge on any atom is 0.251 e. The summed E-state index contributed by atoms with van der Waals surface area (Å²) in [5, 5.41) is 10.4. The molecule has 0 radical (unpaired) electrons. The molecule has 4 N–H and O–H groups in total. The lowest BCUT2D eigenvalue weighted by molar-refractivity contribution is -0.114. The molecule has 0 bridgehead atoms. The number of carbonyl (C=O) groups excluding carboxylic acids is 2. The van der Waals surface area contributed by atoms with Gasteiger partial charge >= 0.3 is 0 Å². The zero-order chi connectivity index (χ0) is 17.7. The van der Waals surface area contributed by atoms with Crippen molar-refractivity contribution in [1.29, 1.82) is 0 Å². The Bertz CT molecular complexity index is 844. The molecule has 0 heterocycles. The quantitative estimate of drug-likeness (QED) is 0.753. The van der Waals surface area contributed by atoms with Crippen LogP contribution < -0.4 is 15.8 Å². The normalized spacial score (nSPS) is 10.9. The van der Waals surface area contributed by atoms with E-state index in [1.807, 2.05) is 0 Å². The Kier molecular flexibility index (Phi) is 5.32. The van der Waals surface area contributed by atoms with E-state index in [-0.39, 0.29) is 23.3 Å². The first-order chi connectivity index (χ1) is 11.3. The van der Waals surface area contributed by atoms with Crippen LogP contribution in [0.2, 0.25) is 0 Å². The Morgan fingerprint density at radius 2 is 1.58 bits per heavy atom. The van der Waals surface area contributed by atoms with Crippen molar-refractivity contribution in [1.82, 2.24) is 5.32 Å². The summed E-state index contributed by atoms with van der Waals surface area (Å²) in [4.78, 5) is 23.0. The van der Waals surface area contributed by atoms with Crippen LogP contribution >= 0.6 is 0 Å². The van der Waals surface area contributed by atoms with E-state index in [1.165, 1.54) is 19.1 Å². The van der Waals surface area contributed by atoms with Gasteiger partial charge in [-0.3, -0.25) is 9.59 Å². The predicted octanol–water partition coefficient (Wildman–Crippen LogP) is 1.22. The van der Waals surface area contributed by atoms with E-state index in [9.17, 15) is 18.0 Å². The molecule has 0 aromatic heterocycles. The molecule has 8 heteroatoms. The minimum atomic E-state index is -3.72. The van der Waals surface area contributed by atoms with Gasteiger partial charge in [-0.1, -0.05) is 12.1 Å². The summed E-state index contributed by atoms with van der Waals surface area (Å²) in [7, 11) is -3.72. The highest BCUT2D eigenvalue weighted by Crippen LogP contribution is 2.11. The van der Waals surface area contributed by atoms with Crippen molar-refractivity contribution < 1.29 is 18.0 Å². The van der Waals surface area contributed by atoms with Gasteiger partial charge in [0.2, 0.25) is 15.9 Å². The van der Waals surface area contributed by atoms with Gasteiger partial charge in [-0.25, -0.2) is 13.6 Å². The Balaban J connectivity index is 1.96. The molecule has 24 heavy (non-hydrogen) atoms. The number of hydrogen-bond donors (Lipinski definition) is 3. The van der Waals surface area contributed by atoms with Crippen LogP contribution in [0.3, 0.4) is 0 Å². The first-order valence-electron chi connectivity index (χ1n) is 7.03. The van der Waals surface area contributed by atoms with Gasteiger partial charge in [0.05, 0.1) is 4.90 Å². The predicted molar refractivity (Wildman–Crippen MR) is 89.7 cm³/mol. The van der Waals surface area contributed by atoms with E-state index in [2.05, 4.69) is 10.6 Å². The molecular weight excluding hydrogens is 330 g/mol. The number of nitrogens with two attached hydrogens (primary N) is 1. The molecule has 7 nitrogen and oxygen atoms in total. The van der Waals surface area contributed by atoms with Gasteiger partial charge in [0.15, 0.2) is 0 Å². The largest absolute Gasteiger partial charge is 0.348 e. The number of anilines is 1. The monoisotopic (exact) mass is 347 g/mol. The smallest absolute Gasteiger partial charge is 0.251 e. The fourth-order valence-electron chi connectivity index (χ4n) is 1.99. The van der Waals surface area contributed by atoms with E-state index >= 15 is 0 Å². The summed E-state index contributed by atoms with van der Waals surface area (Å²) in [5.41, 5.74) is 1.80. The minimum Gasteiger partial charge on any atom is -0.348 e. The standard InChI is InChI=1S/C16H17N3O4S/c1-11(20)19-14-6-4-13(5-7-14)16(21)18-10-12-2-8-15(9-3-12)24(17,22)23/h2-9H,10H2,1H3,(H,18,21)(H,19,20)(H2,17,22,23). The van der Waals surface area contributed by atoms with Crippen LogP contribution in [-0.2, 0) is 21.4 Å². The summed E-state index contributed by atoms with van der Waals surface area (Å²) in [6.07, 6.45) is 0. The summed E-state index contributed by atoms with van der Waals surface area (Å²) >= 11 is 0. The third-order valence-corrected chi connectivity index (χ3v) is 4.10. The van der Waals surface area contributed by atoms with E-state index < -0.39 is 10.0 Å². The molecule has 0 unspecified atom stereocenters. The van der Waals surface area contributed by atoms with Crippen LogP contribution in [0.25, 0.3) is 0 Å². The van der Waals surface area contributed by atoms with Gasteiger partial charge in [-0.15, -0.1) is 0 Å². The van der Waals surface area contributed by atoms with Gasteiger partial charge in [0.1, 0.15) is 0 Å². The van der Waals surface area contributed by atoms with Gasteiger partial charge < -0.3 is 10.6 Å². The van der Waals surface area contributed by atoms with E-state index in [0.29, 0.717) is 11.3 Å². The zero-order valence-electron chi connectivity index (χ0n) is 12.9. The second kappa shape index (κ2) is 7.24. The van der Waals surface area contributed by atoms with Crippen molar-refractivity contribution in [2.75, 3.05) is 5.32 Å². The van der Waals surface area contributed by atoms with E-state index in [4.69, 9.17) is 5.14 Å². The Morgan fingerprint density at radius 1 is 1.00 bits per heavy atom. The third kappa shape index (κ3) is 4.90. The van der Waals surface area contributed by atoms with E-state index in [0.717, 1.165) is 5.56 Å². The lowest BCUT2D eigenvalue weighted by atomic mass is 10.1. The molecule has 0 aliphatic rings. The number of amides is 2. The summed E-state index contributed by atoms with van der Waals surface area (Å²) < 4.78 is 22.3. The molecule has 2 aromatic rings. The molecule has 0 spiro atoms. The van der Waals surface area contributed by atoms with Gasteiger partial charge in [-0.05, 0) is 42.0 Å². The second-order valence-corrected chi connectivity index (χ2v) is 6.69. The average Bonchev–Trinajstić information content (AvgIpc) is 2.52. The van der Waals surface area contributed by atoms with Gasteiger partial charge in [0.25, 0.3) is 5.91 Å². The summed E-state index contributed by atoms with van der Waals surface area (Å²) in [6.45, 7) is 1.65. The molecular formula is C16H17N3O4S. The summed E-state index contributed by atoms with van der Waals surface area (Å²) in [5.74, 6) is -0.463. The minimum absolute atomic E-state index is 0.0196. The van der Waals surface area contributed by atoms with Gasteiger partial charge in [0, 0.05) is 24.7 Å². The maximum atomic E-state index is 12.1. The van der Waals surface area contributed by atoms with Crippen LogP contribution in [0.15, 0.2) is 53.4 Å². The maximum absolute atomic E-state index is 12.1. The fourth-order valence-corrected chi connectivity index (χ4v) is 2.51. The van der Waals surface area contributed by atoms with Crippen molar-refractivity contribution >= 4 is 27.5 Å². The Labute approximate surface area is 139 Å². The van der Waals surface area contributed by atoms with Crippen LogP contribution in [0.4, 0.5) is 5.69 Å². The molecule has 0 saturated heterocycles. The SMILES string of the molecule is CC(=O)Nc1ccc(C(=O)NCc2ccc(S(N)(=O)=O)cc2)cc1. The molecule has 0 aliphatic carbocycles. The molecule has 0 atom stereocenters. The van der Waals surface area contributed by atoms with E-state index in [1.54, 1.807) is 36.4 Å². The topological polar surface area (TPSA) is 118 Å². The molecule has 2 amide bonds. The number of primary sulfonamides is 1. The van der Waals surface area contributed by atoms with Crippen LogP contribution in [0, 0.1) is 0 Å². The third-order valence-electron chi connectivity index (χ3n) is 3.17. The van der Waals surface area contributed by atoms with Crippen molar-refractivity contribution in [2.24, 2.45) is 5.14 Å². The lowest BCUT2D eigenvalue weighted by Gasteiger charge is -2.07. The first kappa shape index (κ1) is 17.6. The molecule has 2 rings (SSSR count). The Hall–Kier alpha value is -2.71.